The first-order chi connectivity index (χ1) is 7.24. The Hall–Kier alpha value is -1.12. The molecular weight excluding hydrogens is 188 g/mol. The number of epoxide rings is 1. The van der Waals surface area contributed by atoms with E-state index in [2.05, 4.69) is 18.7 Å². The molecule has 0 aromatic heterocycles. The van der Waals surface area contributed by atoms with Crippen LogP contribution in [0.1, 0.15) is 12.5 Å². The molecule has 1 heterocycles. The third-order valence-electron chi connectivity index (χ3n) is 2.66. The van der Waals surface area contributed by atoms with Gasteiger partial charge in [0, 0.05) is 0 Å². The zero-order valence-corrected chi connectivity index (χ0v) is 8.98. The van der Waals surface area contributed by atoms with Gasteiger partial charge in [-0.1, -0.05) is 36.4 Å². The molecule has 1 aromatic carbocycles. The smallest absolute Gasteiger partial charge is 0.119 e. The summed E-state index contributed by atoms with van der Waals surface area (Å²) in [6.07, 6.45) is 1.99. The molecule has 0 spiro atoms. The van der Waals surface area contributed by atoms with Crippen molar-refractivity contribution in [3.05, 3.63) is 48.6 Å². The Labute approximate surface area is 90.5 Å². The van der Waals surface area contributed by atoms with Gasteiger partial charge in [-0.3, -0.25) is 0 Å². The largest absolute Gasteiger partial charge is 0.374 e. The average molecular weight is 204 g/mol. The van der Waals surface area contributed by atoms with Crippen LogP contribution in [0.4, 0.5) is 0 Å². The van der Waals surface area contributed by atoms with Gasteiger partial charge in [-0.25, -0.2) is 0 Å². The fourth-order valence-corrected chi connectivity index (χ4v) is 1.62. The summed E-state index contributed by atoms with van der Waals surface area (Å²) in [6, 6.07) is 10.1. The van der Waals surface area contributed by atoms with E-state index >= 15 is 0 Å². The second kappa shape index (κ2) is 4.17. The van der Waals surface area contributed by atoms with Crippen LogP contribution >= 0.6 is 0 Å². The molecule has 0 N–H and O–H groups in total. The minimum Gasteiger partial charge on any atom is -0.374 e. The van der Waals surface area contributed by atoms with Crippen molar-refractivity contribution >= 4 is 0 Å². The minimum absolute atomic E-state index is 0.142. The molecule has 0 aliphatic carbocycles. The van der Waals surface area contributed by atoms with Crippen molar-refractivity contribution in [1.29, 1.82) is 0 Å². The van der Waals surface area contributed by atoms with Crippen LogP contribution in [0.5, 0.6) is 0 Å². The van der Waals surface area contributed by atoms with Crippen molar-refractivity contribution in [3.63, 3.8) is 0 Å². The number of hydrogen-bond acceptors (Lipinski definition) is 2. The standard InChI is InChI=1S/C13H16O2/c1-3-12-13(2,15-12)10-14-9-11-7-5-4-6-8-11/h3-8,12H,1,9-10H2,2H3. The van der Waals surface area contributed by atoms with Gasteiger partial charge >= 0.3 is 0 Å². The molecule has 0 bridgehead atoms. The lowest BCUT2D eigenvalue weighted by molar-refractivity contribution is 0.0742. The zero-order chi connectivity index (χ0) is 10.7. The lowest BCUT2D eigenvalue weighted by atomic mass is 10.1. The van der Waals surface area contributed by atoms with E-state index in [1.54, 1.807) is 0 Å². The molecule has 2 nitrogen and oxygen atoms in total. The van der Waals surface area contributed by atoms with Gasteiger partial charge in [0.2, 0.25) is 0 Å². The van der Waals surface area contributed by atoms with E-state index < -0.39 is 0 Å². The van der Waals surface area contributed by atoms with E-state index in [1.807, 2.05) is 31.2 Å². The normalized spacial score (nSPS) is 28.7. The van der Waals surface area contributed by atoms with Crippen molar-refractivity contribution in [2.45, 2.75) is 25.2 Å². The molecule has 0 amide bonds. The van der Waals surface area contributed by atoms with Crippen LogP contribution in [-0.4, -0.2) is 18.3 Å². The highest BCUT2D eigenvalue weighted by molar-refractivity contribution is 5.14. The second-order valence-corrected chi connectivity index (χ2v) is 4.07. The molecule has 1 aliphatic heterocycles. The maximum atomic E-state index is 5.61. The fourth-order valence-electron chi connectivity index (χ4n) is 1.62. The number of hydrogen-bond donors (Lipinski definition) is 0. The maximum Gasteiger partial charge on any atom is 0.119 e. The predicted molar refractivity (Wildman–Crippen MR) is 59.6 cm³/mol. The zero-order valence-electron chi connectivity index (χ0n) is 8.98. The Morgan fingerprint density at radius 3 is 2.80 bits per heavy atom. The molecule has 80 valence electrons. The van der Waals surface area contributed by atoms with Crippen molar-refractivity contribution in [1.82, 2.24) is 0 Å². The quantitative estimate of drug-likeness (QED) is 0.543. The molecule has 1 saturated heterocycles. The van der Waals surface area contributed by atoms with Crippen molar-refractivity contribution in [3.8, 4) is 0 Å². The third kappa shape index (κ3) is 2.46. The van der Waals surface area contributed by atoms with Crippen molar-refractivity contribution in [2.24, 2.45) is 0 Å². The Kier molecular flexibility index (Phi) is 2.89. The number of benzene rings is 1. The average Bonchev–Trinajstić information content (AvgIpc) is 2.91. The second-order valence-electron chi connectivity index (χ2n) is 4.07. The van der Waals surface area contributed by atoms with Gasteiger partial charge in [0.05, 0.1) is 13.2 Å². The fraction of sp³-hybridized carbons (Fsp3) is 0.385. The van der Waals surface area contributed by atoms with Gasteiger partial charge in [-0.05, 0) is 12.5 Å². The summed E-state index contributed by atoms with van der Waals surface area (Å²) >= 11 is 0. The highest BCUT2D eigenvalue weighted by Crippen LogP contribution is 2.36. The summed E-state index contributed by atoms with van der Waals surface area (Å²) < 4.78 is 11.1. The van der Waals surface area contributed by atoms with Crippen LogP contribution in [-0.2, 0) is 16.1 Å². The molecule has 2 heteroatoms. The summed E-state index contributed by atoms with van der Waals surface area (Å²) in [4.78, 5) is 0. The van der Waals surface area contributed by atoms with Crippen LogP contribution < -0.4 is 0 Å². The van der Waals surface area contributed by atoms with Gasteiger partial charge < -0.3 is 9.47 Å². The summed E-state index contributed by atoms with van der Waals surface area (Å²) in [6.45, 7) is 7.02. The van der Waals surface area contributed by atoms with Crippen molar-refractivity contribution < 1.29 is 9.47 Å². The Morgan fingerprint density at radius 2 is 2.20 bits per heavy atom. The van der Waals surface area contributed by atoms with Crippen LogP contribution in [0.15, 0.2) is 43.0 Å². The Morgan fingerprint density at radius 1 is 1.47 bits per heavy atom. The summed E-state index contributed by atoms with van der Waals surface area (Å²) in [7, 11) is 0. The molecular formula is C13H16O2. The molecule has 0 radical (unpaired) electrons. The van der Waals surface area contributed by atoms with Crippen LogP contribution in [0.25, 0.3) is 0 Å². The lowest BCUT2D eigenvalue weighted by Gasteiger charge is -2.07. The van der Waals surface area contributed by atoms with E-state index in [0.29, 0.717) is 13.2 Å². The van der Waals surface area contributed by atoms with E-state index in [9.17, 15) is 0 Å². The topological polar surface area (TPSA) is 21.8 Å². The summed E-state index contributed by atoms with van der Waals surface area (Å²) in [5.41, 5.74) is 1.05. The van der Waals surface area contributed by atoms with E-state index in [0.717, 1.165) is 0 Å². The highest BCUT2D eigenvalue weighted by atomic mass is 16.6. The molecule has 15 heavy (non-hydrogen) atoms. The molecule has 1 fully saturated rings. The SMILES string of the molecule is C=CC1OC1(C)COCc1ccccc1. The van der Waals surface area contributed by atoms with Crippen molar-refractivity contribution in [2.75, 3.05) is 6.61 Å². The van der Waals surface area contributed by atoms with E-state index in [1.165, 1.54) is 5.56 Å². The first kappa shape index (κ1) is 10.4. The molecule has 2 rings (SSSR count). The molecule has 1 aromatic rings. The first-order valence-corrected chi connectivity index (χ1v) is 5.17. The summed E-state index contributed by atoms with van der Waals surface area (Å²) in [5.74, 6) is 0. The summed E-state index contributed by atoms with van der Waals surface area (Å²) in [5, 5.41) is 0. The lowest BCUT2D eigenvalue weighted by Crippen LogP contribution is -2.17. The molecule has 0 saturated carbocycles. The number of rotatable bonds is 5. The van der Waals surface area contributed by atoms with E-state index in [4.69, 9.17) is 9.47 Å². The monoisotopic (exact) mass is 204 g/mol. The first-order valence-electron chi connectivity index (χ1n) is 5.17. The van der Waals surface area contributed by atoms with Gasteiger partial charge in [0.1, 0.15) is 11.7 Å². The van der Waals surface area contributed by atoms with Crippen LogP contribution in [0, 0.1) is 0 Å². The van der Waals surface area contributed by atoms with Gasteiger partial charge in [-0.2, -0.15) is 0 Å². The third-order valence-corrected chi connectivity index (χ3v) is 2.66. The van der Waals surface area contributed by atoms with Gasteiger partial charge in [0.15, 0.2) is 0 Å². The highest BCUT2D eigenvalue weighted by Gasteiger charge is 2.50. The van der Waals surface area contributed by atoms with Gasteiger partial charge in [-0.15, -0.1) is 6.58 Å². The van der Waals surface area contributed by atoms with Crippen LogP contribution in [0.2, 0.25) is 0 Å². The Bertz CT molecular complexity index is 334. The molecule has 1 aliphatic rings. The van der Waals surface area contributed by atoms with Gasteiger partial charge in [0.25, 0.3) is 0 Å². The molecule has 2 atom stereocenters. The molecule has 2 unspecified atom stereocenters. The minimum atomic E-state index is -0.142. The van der Waals surface area contributed by atoms with Crippen LogP contribution in [0.3, 0.4) is 0 Å². The Balaban J connectivity index is 1.74. The maximum absolute atomic E-state index is 5.61. The predicted octanol–water partition coefficient (Wildman–Crippen LogP) is 2.55. The van der Waals surface area contributed by atoms with E-state index in [-0.39, 0.29) is 11.7 Å². The number of ether oxygens (including phenoxy) is 2.